The van der Waals surface area contributed by atoms with E-state index < -0.39 is 0 Å². The Labute approximate surface area is 135 Å². The molecule has 2 nitrogen and oxygen atoms in total. The van der Waals surface area contributed by atoms with Gasteiger partial charge in [-0.2, -0.15) is 0 Å². The summed E-state index contributed by atoms with van der Waals surface area (Å²) >= 11 is 3.54. The van der Waals surface area contributed by atoms with Crippen molar-refractivity contribution in [1.29, 1.82) is 0 Å². The zero-order valence-electron chi connectivity index (χ0n) is 12.6. The lowest BCUT2D eigenvalue weighted by Gasteiger charge is -2.29. The summed E-state index contributed by atoms with van der Waals surface area (Å²) in [6, 6.07) is 16.6. The first-order chi connectivity index (χ1) is 10.1. The third-order valence-corrected chi connectivity index (χ3v) is 4.50. The van der Waals surface area contributed by atoms with Gasteiger partial charge in [-0.15, -0.1) is 0 Å². The fraction of sp³-hybridized carbons (Fsp3) is 0.333. The second-order valence-electron chi connectivity index (χ2n) is 5.52. The lowest BCUT2D eigenvalue weighted by atomic mass is 9.83. The molecule has 2 rings (SSSR count). The highest BCUT2D eigenvalue weighted by molar-refractivity contribution is 9.10. The van der Waals surface area contributed by atoms with E-state index in [0.717, 1.165) is 29.5 Å². The molecular weight excluding hydrogens is 326 g/mol. The average molecular weight is 348 g/mol. The molecule has 0 heterocycles. The predicted octanol–water partition coefficient (Wildman–Crippen LogP) is 4.35. The van der Waals surface area contributed by atoms with Crippen LogP contribution in [0.4, 0.5) is 0 Å². The standard InChI is InChI=1S/C18H22BrNO/c1-3-18(20,12-14-7-5-4-6-8-14)13-15-9-10-17(21-2)16(19)11-15/h4-11H,3,12-13,20H2,1-2H3. The van der Waals surface area contributed by atoms with E-state index in [4.69, 9.17) is 10.5 Å². The highest BCUT2D eigenvalue weighted by atomic mass is 79.9. The highest BCUT2D eigenvalue weighted by Gasteiger charge is 2.24. The maximum absolute atomic E-state index is 6.64. The molecule has 2 aromatic rings. The Hall–Kier alpha value is -1.32. The fourth-order valence-electron chi connectivity index (χ4n) is 2.54. The van der Waals surface area contributed by atoms with Crippen molar-refractivity contribution in [2.45, 2.75) is 31.7 Å². The SMILES string of the molecule is CCC(N)(Cc1ccccc1)Cc1ccc(OC)c(Br)c1. The molecule has 0 bridgehead atoms. The van der Waals surface area contributed by atoms with Gasteiger partial charge in [0.15, 0.2) is 0 Å². The number of halogens is 1. The number of rotatable bonds is 6. The average Bonchev–Trinajstić information content (AvgIpc) is 2.48. The number of hydrogen-bond donors (Lipinski definition) is 1. The second kappa shape index (κ2) is 7.10. The number of benzene rings is 2. The van der Waals surface area contributed by atoms with Crippen molar-refractivity contribution >= 4 is 15.9 Å². The van der Waals surface area contributed by atoms with E-state index >= 15 is 0 Å². The van der Waals surface area contributed by atoms with Crippen LogP contribution in [-0.4, -0.2) is 12.6 Å². The summed E-state index contributed by atoms with van der Waals surface area (Å²) in [5.41, 5.74) is 8.92. The van der Waals surface area contributed by atoms with E-state index in [1.807, 2.05) is 12.1 Å². The van der Waals surface area contributed by atoms with Crippen LogP contribution in [-0.2, 0) is 12.8 Å². The van der Waals surface area contributed by atoms with Crippen LogP contribution in [0.15, 0.2) is 53.0 Å². The van der Waals surface area contributed by atoms with Gasteiger partial charge in [-0.05, 0) is 58.5 Å². The van der Waals surface area contributed by atoms with Crippen molar-refractivity contribution in [3.8, 4) is 5.75 Å². The van der Waals surface area contributed by atoms with Crippen LogP contribution in [0.5, 0.6) is 5.75 Å². The van der Waals surface area contributed by atoms with Gasteiger partial charge in [-0.3, -0.25) is 0 Å². The first-order valence-corrected chi connectivity index (χ1v) is 8.01. The summed E-state index contributed by atoms with van der Waals surface area (Å²) in [5.74, 6) is 0.848. The van der Waals surface area contributed by atoms with Crippen molar-refractivity contribution in [3.05, 3.63) is 64.1 Å². The first-order valence-electron chi connectivity index (χ1n) is 7.21. The molecule has 0 saturated heterocycles. The monoisotopic (exact) mass is 347 g/mol. The molecule has 0 amide bonds. The van der Waals surface area contributed by atoms with Crippen LogP contribution < -0.4 is 10.5 Å². The quantitative estimate of drug-likeness (QED) is 0.842. The number of hydrogen-bond acceptors (Lipinski definition) is 2. The Kier molecular flexibility index (Phi) is 5.43. The Balaban J connectivity index is 2.16. The first kappa shape index (κ1) is 16.1. The van der Waals surface area contributed by atoms with Crippen LogP contribution in [0, 0.1) is 0 Å². The van der Waals surface area contributed by atoms with Crippen LogP contribution in [0.3, 0.4) is 0 Å². The number of methoxy groups -OCH3 is 1. The lowest BCUT2D eigenvalue weighted by Crippen LogP contribution is -2.43. The van der Waals surface area contributed by atoms with Crippen LogP contribution in [0.1, 0.15) is 24.5 Å². The smallest absolute Gasteiger partial charge is 0.133 e. The van der Waals surface area contributed by atoms with Crippen LogP contribution >= 0.6 is 15.9 Å². The van der Waals surface area contributed by atoms with E-state index in [-0.39, 0.29) is 5.54 Å². The maximum atomic E-state index is 6.64. The maximum Gasteiger partial charge on any atom is 0.133 e. The molecule has 1 atom stereocenters. The minimum absolute atomic E-state index is 0.227. The van der Waals surface area contributed by atoms with E-state index in [1.165, 1.54) is 11.1 Å². The highest BCUT2D eigenvalue weighted by Crippen LogP contribution is 2.28. The molecule has 0 fully saturated rings. The van der Waals surface area contributed by atoms with Gasteiger partial charge < -0.3 is 10.5 Å². The van der Waals surface area contributed by atoms with Gasteiger partial charge in [-0.1, -0.05) is 43.3 Å². The molecule has 112 valence electrons. The molecular formula is C18H22BrNO. The van der Waals surface area contributed by atoms with Gasteiger partial charge in [-0.25, -0.2) is 0 Å². The second-order valence-corrected chi connectivity index (χ2v) is 6.38. The summed E-state index contributed by atoms with van der Waals surface area (Å²) in [5, 5.41) is 0. The molecule has 0 aromatic heterocycles. The Morgan fingerprint density at radius 1 is 1.05 bits per heavy atom. The van der Waals surface area contributed by atoms with Gasteiger partial charge >= 0.3 is 0 Å². The van der Waals surface area contributed by atoms with Crippen molar-refractivity contribution in [1.82, 2.24) is 0 Å². The van der Waals surface area contributed by atoms with Crippen LogP contribution in [0.25, 0.3) is 0 Å². The lowest BCUT2D eigenvalue weighted by molar-refractivity contribution is 0.401. The predicted molar refractivity (Wildman–Crippen MR) is 91.8 cm³/mol. The summed E-state index contributed by atoms with van der Waals surface area (Å²) in [6.07, 6.45) is 2.67. The molecule has 0 aliphatic heterocycles. The van der Waals surface area contributed by atoms with Gasteiger partial charge in [0.1, 0.15) is 5.75 Å². The van der Waals surface area contributed by atoms with Crippen molar-refractivity contribution < 1.29 is 4.74 Å². The normalized spacial score (nSPS) is 13.7. The minimum Gasteiger partial charge on any atom is -0.496 e. The zero-order valence-corrected chi connectivity index (χ0v) is 14.2. The van der Waals surface area contributed by atoms with E-state index in [0.29, 0.717) is 0 Å². The summed E-state index contributed by atoms with van der Waals surface area (Å²) in [7, 11) is 1.68. The molecule has 0 radical (unpaired) electrons. The molecule has 2 aromatic carbocycles. The van der Waals surface area contributed by atoms with E-state index in [1.54, 1.807) is 7.11 Å². The van der Waals surface area contributed by atoms with Gasteiger partial charge in [0.25, 0.3) is 0 Å². The van der Waals surface area contributed by atoms with Gasteiger partial charge in [0.2, 0.25) is 0 Å². The molecule has 3 heteroatoms. The molecule has 0 aliphatic carbocycles. The minimum atomic E-state index is -0.227. The summed E-state index contributed by atoms with van der Waals surface area (Å²) in [6.45, 7) is 2.15. The van der Waals surface area contributed by atoms with Gasteiger partial charge in [0.05, 0.1) is 11.6 Å². The molecule has 0 spiro atoms. The molecule has 2 N–H and O–H groups in total. The third kappa shape index (κ3) is 4.32. The van der Waals surface area contributed by atoms with E-state index in [2.05, 4.69) is 59.3 Å². The number of nitrogens with two attached hydrogens (primary N) is 1. The largest absolute Gasteiger partial charge is 0.496 e. The summed E-state index contributed by atoms with van der Waals surface area (Å²) in [4.78, 5) is 0. The third-order valence-electron chi connectivity index (χ3n) is 3.88. The molecule has 0 saturated carbocycles. The number of ether oxygens (including phenoxy) is 1. The Bertz CT molecular complexity index is 585. The van der Waals surface area contributed by atoms with E-state index in [9.17, 15) is 0 Å². The Morgan fingerprint density at radius 3 is 2.29 bits per heavy atom. The van der Waals surface area contributed by atoms with Gasteiger partial charge in [0, 0.05) is 5.54 Å². The molecule has 21 heavy (non-hydrogen) atoms. The van der Waals surface area contributed by atoms with Crippen LogP contribution in [0.2, 0.25) is 0 Å². The Morgan fingerprint density at radius 2 is 1.71 bits per heavy atom. The fourth-order valence-corrected chi connectivity index (χ4v) is 3.13. The molecule has 1 unspecified atom stereocenters. The van der Waals surface area contributed by atoms with Crippen molar-refractivity contribution in [3.63, 3.8) is 0 Å². The van der Waals surface area contributed by atoms with Crippen molar-refractivity contribution in [2.75, 3.05) is 7.11 Å². The summed E-state index contributed by atoms with van der Waals surface area (Å²) < 4.78 is 6.25. The topological polar surface area (TPSA) is 35.2 Å². The van der Waals surface area contributed by atoms with Crippen molar-refractivity contribution in [2.24, 2.45) is 5.73 Å². The molecule has 0 aliphatic rings. The zero-order chi connectivity index (χ0) is 15.3.